The Morgan fingerprint density at radius 3 is 2.28 bits per heavy atom. The summed E-state index contributed by atoms with van der Waals surface area (Å²) in [5.74, 6) is 0.143. The Morgan fingerprint density at radius 2 is 1.72 bits per heavy atom. The van der Waals surface area contributed by atoms with Crippen LogP contribution in [0.15, 0.2) is 0 Å². The molecule has 2 N–H and O–H groups in total. The van der Waals surface area contributed by atoms with E-state index >= 15 is 0 Å². The monoisotopic (exact) mass is 259 g/mol. The number of hydrogen-bond donors (Lipinski definition) is 2. The van der Waals surface area contributed by atoms with Gasteiger partial charge in [-0.2, -0.15) is 0 Å². The molecule has 0 aromatic heterocycles. The number of amides is 1. The van der Waals surface area contributed by atoms with E-state index in [1.165, 1.54) is 12.8 Å². The zero-order chi connectivity index (χ0) is 14.2. The number of hydrogen-bond acceptors (Lipinski definition) is 3. The van der Waals surface area contributed by atoms with E-state index in [2.05, 4.69) is 22.5 Å². The van der Waals surface area contributed by atoms with Gasteiger partial charge in [-0.05, 0) is 46.4 Å². The maximum atomic E-state index is 11.5. The van der Waals surface area contributed by atoms with E-state index in [-0.39, 0.29) is 5.91 Å². The second-order valence-electron chi connectivity index (χ2n) is 4.25. The summed E-state index contributed by atoms with van der Waals surface area (Å²) in [6.07, 6.45) is 4.52. The normalized spacial score (nSPS) is 9.89. The molecule has 0 fully saturated rings. The highest BCUT2D eigenvalue weighted by molar-refractivity contribution is 5.77. The van der Waals surface area contributed by atoms with Crippen molar-refractivity contribution in [2.45, 2.75) is 46.5 Å². The van der Waals surface area contributed by atoms with Gasteiger partial charge in [0.15, 0.2) is 0 Å². The number of carbonyl (C=O) groups is 1. The van der Waals surface area contributed by atoms with E-state index < -0.39 is 0 Å². The summed E-state index contributed by atoms with van der Waals surface area (Å²) >= 11 is 0. The van der Waals surface area contributed by atoms with Crippen LogP contribution in [-0.4, -0.2) is 51.1 Å². The molecule has 0 heterocycles. The molecular formula is C14H33N3O. The summed E-state index contributed by atoms with van der Waals surface area (Å²) in [5.41, 5.74) is 0. The van der Waals surface area contributed by atoms with Gasteiger partial charge < -0.3 is 10.6 Å². The van der Waals surface area contributed by atoms with E-state index in [4.69, 9.17) is 0 Å². The van der Waals surface area contributed by atoms with Gasteiger partial charge in [-0.25, -0.2) is 0 Å². The van der Waals surface area contributed by atoms with Crippen molar-refractivity contribution in [1.29, 1.82) is 0 Å². The average Bonchev–Trinajstić information content (AvgIpc) is 2.36. The number of nitrogens with zero attached hydrogens (tertiary/aromatic N) is 1. The van der Waals surface area contributed by atoms with Crippen molar-refractivity contribution in [1.82, 2.24) is 15.5 Å². The van der Waals surface area contributed by atoms with Gasteiger partial charge in [0.05, 0.1) is 6.54 Å². The summed E-state index contributed by atoms with van der Waals surface area (Å²) < 4.78 is 0. The smallest absolute Gasteiger partial charge is 0.234 e. The van der Waals surface area contributed by atoms with Crippen molar-refractivity contribution < 1.29 is 4.79 Å². The first kappa shape index (κ1) is 19.7. The van der Waals surface area contributed by atoms with Gasteiger partial charge in [-0.3, -0.25) is 9.69 Å². The van der Waals surface area contributed by atoms with Crippen LogP contribution in [0.3, 0.4) is 0 Å². The molecule has 110 valence electrons. The third-order valence-corrected chi connectivity index (χ3v) is 2.44. The second-order valence-corrected chi connectivity index (χ2v) is 4.25. The fraction of sp³-hybridized carbons (Fsp3) is 0.929. The van der Waals surface area contributed by atoms with Gasteiger partial charge in [-0.1, -0.05) is 27.2 Å². The second kappa shape index (κ2) is 16.4. The van der Waals surface area contributed by atoms with E-state index in [0.717, 1.165) is 32.5 Å². The van der Waals surface area contributed by atoms with Crippen LogP contribution in [-0.2, 0) is 4.79 Å². The lowest BCUT2D eigenvalue weighted by atomic mass is 10.2. The van der Waals surface area contributed by atoms with E-state index in [0.29, 0.717) is 6.54 Å². The molecule has 4 nitrogen and oxygen atoms in total. The van der Waals surface area contributed by atoms with E-state index in [1.54, 1.807) is 0 Å². The Kier molecular flexibility index (Phi) is 18.0. The lowest BCUT2D eigenvalue weighted by molar-refractivity contribution is -0.121. The van der Waals surface area contributed by atoms with Crippen molar-refractivity contribution >= 4 is 5.91 Å². The molecule has 0 aromatic rings. The van der Waals surface area contributed by atoms with Gasteiger partial charge in [0.1, 0.15) is 0 Å². The van der Waals surface area contributed by atoms with Crippen LogP contribution in [0.4, 0.5) is 0 Å². The molecule has 0 atom stereocenters. The van der Waals surface area contributed by atoms with Gasteiger partial charge in [0.2, 0.25) is 5.91 Å². The molecule has 0 unspecified atom stereocenters. The average molecular weight is 259 g/mol. The molecule has 18 heavy (non-hydrogen) atoms. The summed E-state index contributed by atoms with van der Waals surface area (Å²) in [6.45, 7) is 9.49. The number of nitrogens with one attached hydrogen (secondary N) is 2. The highest BCUT2D eigenvalue weighted by atomic mass is 16.2. The number of unbranched alkanes of at least 4 members (excludes halogenated alkanes) is 2. The minimum Gasteiger partial charge on any atom is -0.355 e. The van der Waals surface area contributed by atoms with Gasteiger partial charge >= 0.3 is 0 Å². The van der Waals surface area contributed by atoms with Crippen LogP contribution in [0.1, 0.15) is 46.5 Å². The Balaban J connectivity index is 0. The lowest BCUT2D eigenvalue weighted by Crippen LogP contribution is -2.35. The SMILES string of the molecule is CC.CCCN(C)CC(=O)NCCCCCNC. The predicted molar refractivity (Wildman–Crippen MR) is 79.9 cm³/mol. The van der Waals surface area contributed by atoms with E-state index in [1.807, 2.05) is 27.9 Å². The highest BCUT2D eigenvalue weighted by Crippen LogP contribution is 1.92. The molecule has 0 saturated carbocycles. The highest BCUT2D eigenvalue weighted by Gasteiger charge is 2.04. The summed E-state index contributed by atoms with van der Waals surface area (Å²) in [7, 11) is 3.95. The van der Waals surface area contributed by atoms with Gasteiger partial charge in [0, 0.05) is 6.54 Å². The maximum Gasteiger partial charge on any atom is 0.234 e. The first-order valence-electron chi connectivity index (χ1n) is 7.30. The van der Waals surface area contributed by atoms with Crippen molar-refractivity contribution in [2.24, 2.45) is 0 Å². The first-order valence-corrected chi connectivity index (χ1v) is 7.30. The van der Waals surface area contributed by atoms with Crippen molar-refractivity contribution in [3.05, 3.63) is 0 Å². The molecule has 1 amide bonds. The standard InChI is InChI=1S/C12H27N3O.C2H6/c1-4-10-15(3)11-12(16)14-9-7-5-6-8-13-2;1-2/h13H,4-11H2,1-3H3,(H,14,16);1-2H3. The Hall–Kier alpha value is -0.610. The lowest BCUT2D eigenvalue weighted by Gasteiger charge is -2.14. The Bertz CT molecular complexity index is 174. The molecule has 0 saturated heterocycles. The maximum absolute atomic E-state index is 11.5. The zero-order valence-corrected chi connectivity index (χ0v) is 13.0. The minimum atomic E-state index is 0.143. The van der Waals surface area contributed by atoms with Crippen LogP contribution in [0.25, 0.3) is 0 Å². The fourth-order valence-electron chi connectivity index (χ4n) is 1.59. The van der Waals surface area contributed by atoms with Crippen LogP contribution in [0, 0.1) is 0 Å². The largest absolute Gasteiger partial charge is 0.355 e. The van der Waals surface area contributed by atoms with Gasteiger partial charge in [0.25, 0.3) is 0 Å². The summed E-state index contributed by atoms with van der Waals surface area (Å²) in [4.78, 5) is 13.5. The topological polar surface area (TPSA) is 44.4 Å². The number of rotatable bonds is 10. The van der Waals surface area contributed by atoms with Crippen LogP contribution in [0.5, 0.6) is 0 Å². The van der Waals surface area contributed by atoms with Gasteiger partial charge in [-0.15, -0.1) is 0 Å². The molecule has 0 aromatic carbocycles. The molecule has 0 rings (SSSR count). The third-order valence-electron chi connectivity index (χ3n) is 2.44. The fourth-order valence-corrected chi connectivity index (χ4v) is 1.59. The Labute approximate surface area is 114 Å². The number of likely N-dealkylation sites (N-methyl/N-ethyl adjacent to an activating group) is 1. The predicted octanol–water partition coefficient (Wildman–Crippen LogP) is 1.86. The number of carbonyl (C=O) groups excluding carboxylic acids is 1. The quantitative estimate of drug-likeness (QED) is 0.589. The molecular weight excluding hydrogens is 226 g/mol. The zero-order valence-electron chi connectivity index (χ0n) is 13.0. The molecule has 0 aliphatic rings. The molecule has 0 spiro atoms. The van der Waals surface area contributed by atoms with Crippen LogP contribution >= 0.6 is 0 Å². The molecule has 0 bridgehead atoms. The van der Waals surface area contributed by atoms with E-state index in [9.17, 15) is 4.79 Å². The third kappa shape index (κ3) is 15.4. The van der Waals surface area contributed by atoms with Crippen LogP contribution in [0.2, 0.25) is 0 Å². The summed E-state index contributed by atoms with van der Waals surface area (Å²) in [5, 5.41) is 6.06. The van der Waals surface area contributed by atoms with Crippen molar-refractivity contribution in [3.63, 3.8) is 0 Å². The Morgan fingerprint density at radius 1 is 1.11 bits per heavy atom. The molecule has 0 aliphatic carbocycles. The molecule has 4 heteroatoms. The summed E-state index contributed by atoms with van der Waals surface area (Å²) in [6, 6.07) is 0. The minimum absolute atomic E-state index is 0.143. The molecule has 0 aliphatic heterocycles. The van der Waals surface area contributed by atoms with Crippen molar-refractivity contribution in [2.75, 3.05) is 40.3 Å². The van der Waals surface area contributed by atoms with Crippen LogP contribution < -0.4 is 10.6 Å². The molecule has 0 radical (unpaired) electrons. The van der Waals surface area contributed by atoms with Crippen molar-refractivity contribution in [3.8, 4) is 0 Å². The first-order chi connectivity index (χ1) is 8.70.